The van der Waals surface area contributed by atoms with Crippen LogP contribution in [0.4, 0.5) is 17.1 Å². The maximum atomic E-state index is 4.99. The largest absolute Gasteiger partial charge is 0.309 e. The number of hydrogen-bond donors (Lipinski definition) is 0. The van der Waals surface area contributed by atoms with E-state index in [9.17, 15) is 0 Å². The Morgan fingerprint density at radius 3 is 1.52 bits per heavy atom. The molecule has 1 aromatic heterocycles. The SMILES string of the molecule is CC1(C)c2ccccc2-c2ccc3c(c21)-c1ccccc1-c1ccccc1N3c1ccc(-c2nc(-c3ccccc3)nc(-c3ccccc3)n2)cc1. The highest BCUT2D eigenvalue weighted by molar-refractivity contribution is 6.06. The molecule has 8 aromatic rings. The van der Waals surface area contributed by atoms with E-state index in [4.69, 9.17) is 15.0 Å². The van der Waals surface area contributed by atoms with Crippen molar-refractivity contribution in [3.8, 4) is 67.5 Å². The fourth-order valence-electron chi connectivity index (χ4n) is 8.26. The highest BCUT2D eigenvalue weighted by Crippen LogP contribution is 2.59. The quantitative estimate of drug-likeness (QED) is 0.187. The molecule has 0 N–H and O–H groups in total. The van der Waals surface area contributed by atoms with E-state index in [1.54, 1.807) is 0 Å². The fourth-order valence-corrected chi connectivity index (χ4v) is 8.26. The summed E-state index contributed by atoms with van der Waals surface area (Å²) >= 11 is 0. The number of hydrogen-bond acceptors (Lipinski definition) is 4. The molecule has 4 nitrogen and oxygen atoms in total. The van der Waals surface area contributed by atoms with Crippen LogP contribution in [-0.4, -0.2) is 15.0 Å². The van der Waals surface area contributed by atoms with E-state index in [2.05, 4.69) is 128 Å². The Balaban J connectivity index is 1.17. The molecule has 10 rings (SSSR count). The van der Waals surface area contributed by atoms with E-state index in [-0.39, 0.29) is 5.41 Å². The lowest BCUT2D eigenvalue weighted by atomic mass is 9.77. The molecule has 52 heavy (non-hydrogen) atoms. The second-order valence-electron chi connectivity index (χ2n) is 14.0. The summed E-state index contributed by atoms with van der Waals surface area (Å²) in [6.45, 7) is 4.75. The lowest BCUT2D eigenvalue weighted by Crippen LogP contribution is -2.18. The number of anilines is 3. The summed E-state index contributed by atoms with van der Waals surface area (Å²) < 4.78 is 0. The van der Waals surface area contributed by atoms with Crippen LogP contribution in [0.25, 0.3) is 67.5 Å². The van der Waals surface area contributed by atoms with Crippen molar-refractivity contribution >= 4 is 17.1 Å². The van der Waals surface area contributed by atoms with Crippen LogP contribution in [0.2, 0.25) is 0 Å². The predicted molar refractivity (Wildman–Crippen MR) is 213 cm³/mol. The minimum atomic E-state index is -0.179. The van der Waals surface area contributed by atoms with Crippen molar-refractivity contribution < 1.29 is 0 Å². The zero-order chi connectivity index (χ0) is 34.8. The van der Waals surface area contributed by atoms with Crippen molar-refractivity contribution in [2.75, 3.05) is 4.90 Å². The number of benzene rings is 7. The minimum absolute atomic E-state index is 0.179. The molecule has 0 saturated heterocycles. The van der Waals surface area contributed by atoms with Crippen molar-refractivity contribution in [3.63, 3.8) is 0 Å². The normalized spacial score (nSPS) is 13.3. The van der Waals surface area contributed by atoms with Crippen LogP contribution in [0.1, 0.15) is 25.0 Å². The Hall–Kier alpha value is -6.65. The van der Waals surface area contributed by atoms with Gasteiger partial charge in [0.15, 0.2) is 17.5 Å². The molecular formula is C48H34N4. The summed E-state index contributed by atoms with van der Waals surface area (Å²) in [6.07, 6.45) is 0. The lowest BCUT2D eigenvalue weighted by Gasteiger charge is -2.31. The Kier molecular flexibility index (Phi) is 6.80. The van der Waals surface area contributed by atoms with E-state index in [0.29, 0.717) is 17.5 Å². The summed E-state index contributed by atoms with van der Waals surface area (Å²) in [4.78, 5) is 17.3. The van der Waals surface area contributed by atoms with Gasteiger partial charge in [0.2, 0.25) is 0 Å². The van der Waals surface area contributed by atoms with Gasteiger partial charge in [-0.3, -0.25) is 0 Å². The van der Waals surface area contributed by atoms with Gasteiger partial charge in [0.05, 0.1) is 11.4 Å². The summed E-state index contributed by atoms with van der Waals surface area (Å²) in [5, 5.41) is 0. The monoisotopic (exact) mass is 666 g/mol. The van der Waals surface area contributed by atoms with Gasteiger partial charge in [-0.15, -0.1) is 0 Å². The first-order valence-corrected chi connectivity index (χ1v) is 17.8. The molecule has 2 heterocycles. The zero-order valence-electron chi connectivity index (χ0n) is 29.0. The van der Waals surface area contributed by atoms with Crippen LogP contribution >= 0.6 is 0 Å². The van der Waals surface area contributed by atoms with E-state index in [1.807, 2.05) is 60.7 Å². The number of nitrogens with zero attached hydrogens (tertiary/aromatic N) is 4. The molecular weight excluding hydrogens is 633 g/mol. The molecule has 1 aliphatic carbocycles. The lowest BCUT2D eigenvalue weighted by molar-refractivity contribution is 0.662. The van der Waals surface area contributed by atoms with Crippen molar-refractivity contribution in [1.29, 1.82) is 0 Å². The van der Waals surface area contributed by atoms with E-state index in [1.165, 1.54) is 50.2 Å². The predicted octanol–water partition coefficient (Wildman–Crippen LogP) is 12.3. The van der Waals surface area contributed by atoms with E-state index in [0.717, 1.165) is 28.1 Å². The fraction of sp³-hybridized carbons (Fsp3) is 0.0625. The molecule has 2 aliphatic rings. The topological polar surface area (TPSA) is 41.9 Å². The number of fused-ring (bicyclic) bond motifs is 9. The summed E-state index contributed by atoms with van der Waals surface area (Å²) in [7, 11) is 0. The van der Waals surface area contributed by atoms with Crippen LogP contribution in [-0.2, 0) is 5.41 Å². The van der Waals surface area contributed by atoms with Gasteiger partial charge >= 0.3 is 0 Å². The highest BCUT2D eigenvalue weighted by Gasteiger charge is 2.40. The second kappa shape index (κ2) is 11.7. The highest BCUT2D eigenvalue weighted by atomic mass is 15.2. The van der Waals surface area contributed by atoms with Crippen LogP contribution in [0.15, 0.2) is 170 Å². The summed E-state index contributed by atoms with van der Waals surface area (Å²) in [5.74, 6) is 1.94. The standard InChI is InChI=1S/C48H34N4/c1-48(2)40-23-13-11-20-36(40)39-29-30-42-43(44(39)48)38-22-10-9-19-35(38)37-21-12-14-24-41(37)52(42)34-27-25-33(26-28-34)47-50-45(31-15-5-3-6-16-31)49-46(51-47)32-17-7-4-8-18-32/h3-30H,1-2H3. The molecule has 246 valence electrons. The average Bonchev–Trinajstić information content (AvgIpc) is 3.36. The first-order valence-electron chi connectivity index (χ1n) is 17.8. The molecule has 0 spiro atoms. The molecule has 0 radical (unpaired) electrons. The Morgan fingerprint density at radius 1 is 0.385 bits per heavy atom. The van der Waals surface area contributed by atoms with Crippen molar-refractivity contribution in [2.45, 2.75) is 19.3 Å². The van der Waals surface area contributed by atoms with Gasteiger partial charge in [-0.2, -0.15) is 0 Å². The van der Waals surface area contributed by atoms with Crippen LogP contribution in [0.3, 0.4) is 0 Å². The van der Waals surface area contributed by atoms with Crippen molar-refractivity contribution in [3.05, 3.63) is 181 Å². The molecule has 0 bridgehead atoms. The Labute approximate surface area is 303 Å². The summed E-state index contributed by atoms with van der Waals surface area (Å²) in [5.41, 5.74) is 16.4. The molecule has 0 saturated carbocycles. The Morgan fingerprint density at radius 2 is 0.885 bits per heavy atom. The van der Waals surface area contributed by atoms with E-state index < -0.39 is 0 Å². The maximum Gasteiger partial charge on any atom is 0.164 e. The molecule has 0 unspecified atom stereocenters. The Bertz CT molecular complexity index is 2590. The number of aromatic nitrogens is 3. The van der Waals surface area contributed by atoms with E-state index >= 15 is 0 Å². The molecule has 4 heteroatoms. The third kappa shape index (κ3) is 4.65. The van der Waals surface area contributed by atoms with Crippen LogP contribution < -0.4 is 4.90 Å². The van der Waals surface area contributed by atoms with Crippen molar-refractivity contribution in [2.24, 2.45) is 0 Å². The average molecular weight is 667 g/mol. The van der Waals surface area contributed by atoms with Gasteiger partial charge in [0.1, 0.15) is 0 Å². The van der Waals surface area contributed by atoms with Gasteiger partial charge in [0.25, 0.3) is 0 Å². The number of rotatable bonds is 4. The molecule has 0 amide bonds. The van der Waals surface area contributed by atoms with Crippen LogP contribution in [0, 0.1) is 0 Å². The van der Waals surface area contributed by atoms with Crippen molar-refractivity contribution in [1.82, 2.24) is 15.0 Å². The van der Waals surface area contributed by atoms with Crippen LogP contribution in [0.5, 0.6) is 0 Å². The molecule has 0 atom stereocenters. The van der Waals surface area contributed by atoms with Gasteiger partial charge in [0, 0.05) is 38.9 Å². The van der Waals surface area contributed by atoms with Gasteiger partial charge in [-0.25, -0.2) is 15.0 Å². The second-order valence-corrected chi connectivity index (χ2v) is 14.0. The number of para-hydroxylation sites is 1. The molecule has 1 aliphatic heterocycles. The first-order chi connectivity index (χ1) is 25.6. The zero-order valence-corrected chi connectivity index (χ0v) is 29.0. The first kappa shape index (κ1) is 30.2. The maximum absolute atomic E-state index is 4.99. The van der Waals surface area contributed by atoms with Gasteiger partial charge < -0.3 is 4.90 Å². The molecule has 7 aromatic carbocycles. The molecule has 0 fully saturated rings. The van der Waals surface area contributed by atoms with Gasteiger partial charge in [-0.1, -0.05) is 147 Å². The minimum Gasteiger partial charge on any atom is -0.309 e. The smallest absolute Gasteiger partial charge is 0.164 e. The van der Waals surface area contributed by atoms with Gasteiger partial charge in [-0.05, 0) is 69.8 Å². The summed E-state index contributed by atoms with van der Waals surface area (Å²) in [6, 6.07) is 60.2. The third-order valence-electron chi connectivity index (χ3n) is 10.7. The third-order valence-corrected chi connectivity index (χ3v) is 10.7.